The highest BCUT2D eigenvalue weighted by molar-refractivity contribution is 8.05. The largest absolute Gasteiger partial charge is 0.327 e. The van der Waals surface area contributed by atoms with Gasteiger partial charge in [-0.2, -0.15) is 0 Å². The molecular formula is C62H40B2N8S4. The molecule has 0 bridgehead atoms. The van der Waals surface area contributed by atoms with Crippen LogP contribution in [0, 0.1) is 0 Å². The van der Waals surface area contributed by atoms with Crippen molar-refractivity contribution in [3.8, 4) is 45.6 Å². The van der Waals surface area contributed by atoms with Crippen LogP contribution in [0.3, 0.4) is 0 Å². The standard InChI is InChI=1S/C62H40B2N8S4/c1-69-45-17-9-5-13-41(45)65-59(69)33-21-25-49-37(29-33)63-38-30-34(60-66-42-14-6-10-18-46(42)70(60)2)22-26-50(38)74-56-53(63)55(73-49)57-54-58(56)76-52-28-24-36(62-68-44-16-8-12-20-48(44)72(62)4)32-40(52)64(54)39-31-35(23-27-51(39)75-57)61-67-43-15-7-11-19-47(43)71(61)3/h5-32H,1-4H3. The molecule has 0 fully saturated rings. The molecule has 14 heteroatoms. The second-order valence-electron chi connectivity index (χ2n) is 20.4. The highest BCUT2D eigenvalue weighted by atomic mass is 32.2. The van der Waals surface area contributed by atoms with Gasteiger partial charge in [0.2, 0.25) is 13.4 Å². The van der Waals surface area contributed by atoms with Gasteiger partial charge in [0.1, 0.15) is 23.3 Å². The summed E-state index contributed by atoms with van der Waals surface area (Å²) >= 11 is 7.82. The fourth-order valence-corrected chi connectivity index (χ4v) is 18.0. The maximum Gasteiger partial charge on any atom is 0.247 e. The van der Waals surface area contributed by atoms with Crippen LogP contribution in [0.1, 0.15) is 0 Å². The number of aromatic nitrogens is 8. The fourth-order valence-electron chi connectivity index (χ4n) is 12.7. The molecule has 4 aromatic heterocycles. The lowest BCUT2D eigenvalue weighted by Gasteiger charge is -2.41. The fraction of sp³-hybridized carbons (Fsp3) is 0.0645. The van der Waals surface area contributed by atoms with Crippen LogP contribution in [-0.2, 0) is 28.2 Å². The summed E-state index contributed by atoms with van der Waals surface area (Å²) < 4.78 is 8.97. The van der Waals surface area contributed by atoms with Crippen molar-refractivity contribution >= 4 is 137 Å². The van der Waals surface area contributed by atoms with E-state index in [0.29, 0.717) is 0 Å². The molecule has 8 heterocycles. The van der Waals surface area contributed by atoms with Gasteiger partial charge < -0.3 is 18.3 Å². The third-order valence-electron chi connectivity index (χ3n) is 16.3. The van der Waals surface area contributed by atoms with Crippen molar-refractivity contribution < 1.29 is 0 Å². The van der Waals surface area contributed by atoms with E-state index in [9.17, 15) is 0 Å². The van der Waals surface area contributed by atoms with Crippen LogP contribution >= 0.6 is 47.0 Å². The van der Waals surface area contributed by atoms with Crippen LogP contribution in [0.4, 0.5) is 0 Å². The van der Waals surface area contributed by atoms with E-state index in [2.05, 4.69) is 216 Å². The second kappa shape index (κ2) is 16.0. The van der Waals surface area contributed by atoms with Crippen molar-refractivity contribution in [3.63, 3.8) is 0 Å². The minimum Gasteiger partial charge on any atom is -0.327 e. The number of benzene rings is 9. The van der Waals surface area contributed by atoms with Gasteiger partial charge in [0.15, 0.2) is 0 Å². The maximum atomic E-state index is 5.24. The first-order chi connectivity index (χ1) is 37.3. The molecule has 0 amide bonds. The highest BCUT2D eigenvalue weighted by Crippen LogP contribution is 2.51. The number of rotatable bonds is 4. The zero-order valence-corrected chi connectivity index (χ0v) is 44.8. The van der Waals surface area contributed by atoms with E-state index in [1.807, 2.05) is 47.0 Å². The molecule has 0 saturated heterocycles. The van der Waals surface area contributed by atoms with Gasteiger partial charge in [0, 0.05) is 89.6 Å². The van der Waals surface area contributed by atoms with E-state index in [4.69, 9.17) is 19.9 Å². The van der Waals surface area contributed by atoms with Crippen molar-refractivity contribution in [1.82, 2.24) is 38.2 Å². The molecule has 4 aliphatic rings. The third kappa shape index (κ3) is 6.06. The summed E-state index contributed by atoms with van der Waals surface area (Å²) in [6.45, 7) is -0.0729. The van der Waals surface area contributed by atoms with Gasteiger partial charge in [-0.3, -0.25) is 0 Å². The van der Waals surface area contributed by atoms with Crippen LogP contribution in [0.2, 0.25) is 0 Å². The summed E-state index contributed by atoms with van der Waals surface area (Å²) in [4.78, 5) is 31.5. The Morgan fingerprint density at radius 3 is 0.776 bits per heavy atom. The van der Waals surface area contributed by atoms with Gasteiger partial charge >= 0.3 is 0 Å². The average Bonchev–Trinajstić information content (AvgIpc) is 4.34. The first-order valence-corrected chi connectivity index (χ1v) is 28.8. The van der Waals surface area contributed by atoms with E-state index in [1.54, 1.807) is 0 Å². The number of para-hydroxylation sites is 8. The molecule has 8 nitrogen and oxygen atoms in total. The topological polar surface area (TPSA) is 71.3 Å². The van der Waals surface area contributed by atoms with Gasteiger partial charge in [0.25, 0.3) is 0 Å². The second-order valence-corrected chi connectivity index (χ2v) is 24.6. The first kappa shape index (κ1) is 43.6. The van der Waals surface area contributed by atoms with Crippen LogP contribution < -0.4 is 32.8 Å². The monoisotopic (exact) mass is 1050 g/mol. The van der Waals surface area contributed by atoms with Crippen molar-refractivity contribution in [2.75, 3.05) is 0 Å². The summed E-state index contributed by atoms with van der Waals surface area (Å²) in [5, 5.41) is 0. The number of aryl methyl sites for hydroxylation is 4. The zero-order valence-electron chi connectivity index (χ0n) is 41.5. The lowest BCUT2D eigenvalue weighted by atomic mass is 9.34. The molecule has 76 heavy (non-hydrogen) atoms. The van der Waals surface area contributed by atoms with Gasteiger partial charge in [-0.15, -0.1) is 0 Å². The van der Waals surface area contributed by atoms with E-state index < -0.39 is 0 Å². The predicted molar refractivity (Wildman–Crippen MR) is 317 cm³/mol. The Morgan fingerprint density at radius 1 is 0.303 bits per heavy atom. The highest BCUT2D eigenvalue weighted by Gasteiger charge is 2.48. The van der Waals surface area contributed by atoms with Crippen LogP contribution in [0.25, 0.3) is 89.7 Å². The summed E-state index contributed by atoms with van der Waals surface area (Å²) in [5.41, 5.74) is 21.1. The molecule has 0 N–H and O–H groups in total. The Balaban J connectivity index is 0.909. The first-order valence-electron chi connectivity index (χ1n) is 25.5. The maximum absolute atomic E-state index is 5.24. The zero-order chi connectivity index (χ0) is 50.2. The lowest BCUT2D eigenvalue weighted by Crippen LogP contribution is -2.62. The van der Waals surface area contributed by atoms with Crippen molar-refractivity contribution in [2.24, 2.45) is 28.2 Å². The van der Waals surface area contributed by atoms with E-state index in [1.165, 1.54) is 71.9 Å². The van der Waals surface area contributed by atoms with Gasteiger partial charge in [0.05, 0.1) is 44.1 Å². The summed E-state index contributed by atoms with van der Waals surface area (Å²) in [6, 6.07) is 62.3. The minimum atomic E-state index is -0.0365. The Bertz CT molecular complexity index is 4170. The minimum absolute atomic E-state index is 0.0365. The molecule has 4 aliphatic heterocycles. The molecule has 0 spiro atoms. The Kier molecular flexibility index (Phi) is 9.16. The molecule has 13 aromatic rings. The Labute approximate surface area is 455 Å². The van der Waals surface area contributed by atoms with Crippen molar-refractivity contribution in [2.45, 2.75) is 39.2 Å². The van der Waals surface area contributed by atoms with E-state index in [0.717, 1.165) is 89.7 Å². The molecule has 0 aliphatic carbocycles. The molecule has 0 atom stereocenters. The summed E-state index contributed by atoms with van der Waals surface area (Å²) in [5.74, 6) is 3.88. The molecule has 0 radical (unpaired) electrons. The Morgan fingerprint density at radius 2 is 0.539 bits per heavy atom. The number of hydrogen-bond donors (Lipinski definition) is 0. The number of fused-ring (bicyclic) bond motifs is 14. The lowest BCUT2D eigenvalue weighted by molar-refractivity contribution is 0.959. The number of hydrogen-bond acceptors (Lipinski definition) is 8. The SMILES string of the molecule is Cn1c(-c2ccc3c(c2)B2c4cc(-c5nc6ccccc6n5C)ccc4Sc4c5c6c(c(c42)S3)Sc2ccc(-c3nc4ccccc4n3C)cc2B6c2cc(-c3nc4ccccc4n3C)ccc2S5)nc2ccccc21. The smallest absolute Gasteiger partial charge is 0.247 e. The summed E-state index contributed by atoms with van der Waals surface area (Å²) in [6.07, 6.45) is 0. The van der Waals surface area contributed by atoms with Gasteiger partial charge in [-0.25, -0.2) is 19.9 Å². The van der Waals surface area contributed by atoms with Crippen LogP contribution in [-0.4, -0.2) is 51.6 Å². The Hall–Kier alpha value is -7.61. The predicted octanol–water partition coefficient (Wildman–Crippen LogP) is 10.8. The van der Waals surface area contributed by atoms with Crippen LogP contribution in [0.15, 0.2) is 209 Å². The molecule has 0 unspecified atom stereocenters. The number of nitrogens with zero attached hydrogens (tertiary/aromatic N) is 8. The molecule has 9 aromatic carbocycles. The quantitative estimate of drug-likeness (QED) is 0.162. The van der Waals surface area contributed by atoms with Gasteiger partial charge in [-0.1, -0.05) is 166 Å². The van der Waals surface area contributed by atoms with Crippen molar-refractivity contribution in [3.05, 3.63) is 170 Å². The summed E-state index contributed by atoms with van der Waals surface area (Å²) in [7, 11) is 8.56. The number of imidazole rings is 4. The van der Waals surface area contributed by atoms with Crippen molar-refractivity contribution in [1.29, 1.82) is 0 Å². The normalized spacial score (nSPS) is 13.8. The van der Waals surface area contributed by atoms with E-state index in [-0.39, 0.29) is 13.4 Å². The third-order valence-corrected chi connectivity index (χ3v) is 21.4. The average molecular weight is 1050 g/mol. The molecular weight excluding hydrogens is 1010 g/mol. The van der Waals surface area contributed by atoms with Gasteiger partial charge in [-0.05, 0) is 83.7 Å². The molecule has 0 saturated carbocycles. The van der Waals surface area contributed by atoms with E-state index >= 15 is 0 Å². The molecule has 358 valence electrons. The van der Waals surface area contributed by atoms with Crippen LogP contribution in [0.5, 0.6) is 0 Å². The molecule has 17 rings (SSSR count).